The molecule has 0 radical (unpaired) electrons. The van der Waals surface area contributed by atoms with E-state index in [0.717, 1.165) is 5.69 Å². The molecule has 0 aromatic heterocycles. The molecule has 1 aromatic carbocycles. The van der Waals surface area contributed by atoms with Crippen molar-refractivity contribution in [1.29, 1.82) is 0 Å². The van der Waals surface area contributed by atoms with Gasteiger partial charge in [0, 0.05) is 19.3 Å². The van der Waals surface area contributed by atoms with Gasteiger partial charge in [-0.15, -0.1) is 0 Å². The second-order valence-electron chi connectivity index (χ2n) is 4.67. The normalized spacial score (nSPS) is 26.9. The monoisotopic (exact) mass is 254 g/mol. The van der Waals surface area contributed by atoms with Crippen LogP contribution in [0.4, 0.5) is 5.69 Å². The Morgan fingerprint density at radius 1 is 1.35 bits per heavy atom. The molecule has 1 aromatic rings. The Bertz CT molecular complexity index is 486. The molecule has 0 saturated carbocycles. The Kier molecular flexibility index (Phi) is 3.14. The predicted molar refractivity (Wildman–Crippen MR) is 69.9 cm³/mol. The molecule has 2 rings (SSSR count). The molecular weight excluding hydrogens is 236 g/mol. The number of anilines is 1. The molecule has 0 amide bonds. The van der Waals surface area contributed by atoms with Crippen molar-refractivity contribution in [2.45, 2.75) is 12.0 Å². The number of nitrogens with two attached hydrogens (primary N) is 1. The molecule has 1 fully saturated rings. The van der Waals surface area contributed by atoms with E-state index in [4.69, 9.17) is 5.73 Å². The molecule has 1 atom stereocenters. The standard InChI is InChI=1S/C12H18N2O2S/c1-14(11-5-3-2-4-6-11)12(9-13)7-8-17(15,16)10-12/h2-6H,7-10,13H2,1H3. The number of hydrogen-bond acceptors (Lipinski definition) is 4. The highest BCUT2D eigenvalue weighted by molar-refractivity contribution is 7.91. The van der Waals surface area contributed by atoms with Crippen molar-refractivity contribution in [3.63, 3.8) is 0 Å². The van der Waals surface area contributed by atoms with E-state index in [1.165, 1.54) is 0 Å². The van der Waals surface area contributed by atoms with Gasteiger partial charge in [0.15, 0.2) is 9.84 Å². The molecule has 94 valence electrons. The zero-order valence-corrected chi connectivity index (χ0v) is 10.8. The van der Waals surface area contributed by atoms with Crippen molar-refractivity contribution in [1.82, 2.24) is 0 Å². The van der Waals surface area contributed by atoms with Crippen LogP contribution in [-0.4, -0.2) is 39.1 Å². The molecule has 2 N–H and O–H groups in total. The minimum Gasteiger partial charge on any atom is -0.367 e. The van der Waals surface area contributed by atoms with Crippen LogP contribution in [0.25, 0.3) is 0 Å². The van der Waals surface area contributed by atoms with E-state index in [9.17, 15) is 8.42 Å². The van der Waals surface area contributed by atoms with E-state index >= 15 is 0 Å². The van der Waals surface area contributed by atoms with E-state index in [-0.39, 0.29) is 11.5 Å². The van der Waals surface area contributed by atoms with Gasteiger partial charge in [-0.2, -0.15) is 0 Å². The first kappa shape index (κ1) is 12.4. The number of sulfone groups is 1. The van der Waals surface area contributed by atoms with Gasteiger partial charge >= 0.3 is 0 Å². The van der Waals surface area contributed by atoms with E-state index in [2.05, 4.69) is 0 Å². The maximum absolute atomic E-state index is 11.7. The average molecular weight is 254 g/mol. The maximum atomic E-state index is 11.7. The van der Waals surface area contributed by atoms with Gasteiger partial charge in [-0.05, 0) is 18.6 Å². The fourth-order valence-corrected chi connectivity index (χ4v) is 4.50. The third kappa shape index (κ3) is 2.30. The Balaban J connectivity index is 2.32. The Morgan fingerprint density at radius 3 is 2.47 bits per heavy atom. The largest absolute Gasteiger partial charge is 0.367 e. The summed E-state index contributed by atoms with van der Waals surface area (Å²) >= 11 is 0. The lowest BCUT2D eigenvalue weighted by Gasteiger charge is -2.38. The van der Waals surface area contributed by atoms with Crippen LogP contribution in [0.15, 0.2) is 30.3 Å². The fraction of sp³-hybridized carbons (Fsp3) is 0.500. The van der Waals surface area contributed by atoms with Crippen LogP contribution in [0.5, 0.6) is 0 Å². The summed E-state index contributed by atoms with van der Waals surface area (Å²) in [5, 5.41) is 0. The molecule has 1 aliphatic heterocycles. The second-order valence-corrected chi connectivity index (χ2v) is 6.85. The first-order valence-electron chi connectivity index (χ1n) is 5.68. The maximum Gasteiger partial charge on any atom is 0.152 e. The van der Waals surface area contributed by atoms with E-state index in [1.807, 2.05) is 42.3 Å². The van der Waals surface area contributed by atoms with Crippen LogP contribution < -0.4 is 10.6 Å². The molecule has 4 nitrogen and oxygen atoms in total. The van der Waals surface area contributed by atoms with Crippen molar-refractivity contribution >= 4 is 15.5 Å². The number of hydrogen-bond donors (Lipinski definition) is 1. The van der Waals surface area contributed by atoms with Gasteiger partial charge in [0.2, 0.25) is 0 Å². The van der Waals surface area contributed by atoms with Crippen LogP contribution in [-0.2, 0) is 9.84 Å². The summed E-state index contributed by atoms with van der Waals surface area (Å²) in [5.41, 5.74) is 6.39. The molecular formula is C12H18N2O2S. The molecule has 1 unspecified atom stereocenters. The first-order chi connectivity index (χ1) is 7.99. The Hall–Kier alpha value is -1.07. The highest BCUT2D eigenvalue weighted by Gasteiger charge is 2.44. The quantitative estimate of drug-likeness (QED) is 0.859. The number of nitrogens with zero attached hydrogens (tertiary/aromatic N) is 1. The van der Waals surface area contributed by atoms with Crippen LogP contribution in [0.3, 0.4) is 0 Å². The third-order valence-corrected chi connectivity index (χ3v) is 5.41. The van der Waals surface area contributed by atoms with Crippen LogP contribution >= 0.6 is 0 Å². The van der Waals surface area contributed by atoms with Gasteiger partial charge in [-0.25, -0.2) is 8.42 Å². The Morgan fingerprint density at radius 2 is 2.00 bits per heavy atom. The molecule has 1 heterocycles. The lowest BCUT2D eigenvalue weighted by molar-refractivity contribution is 0.462. The van der Waals surface area contributed by atoms with Gasteiger partial charge in [-0.1, -0.05) is 18.2 Å². The SMILES string of the molecule is CN(c1ccccc1)C1(CN)CCS(=O)(=O)C1. The molecule has 17 heavy (non-hydrogen) atoms. The second kappa shape index (κ2) is 4.31. The summed E-state index contributed by atoms with van der Waals surface area (Å²) in [6.07, 6.45) is 0.608. The van der Waals surface area contributed by atoms with Gasteiger partial charge in [0.1, 0.15) is 0 Å². The first-order valence-corrected chi connectivity index (χ1v) is 7.51. The van der Waals surface area contributed by atoms with Gasteiger partial charge in [0.25, 0.3) is 0 Å². The molecule has 0 spiro atoms. The topological polar surface area (TPSA) is 63.4 Å². The number of likely N-dealkylation sites (N-methyl/N-ethyl adjacent to an activating group) is 1. The smallest absolute Gasteiger partial charge is 0.152 e. The molecule has 1 aliphatic rings. The van der Waals surface area contributed by atoms with Crippen LogP contribution in [0, 0.1) is 0 Å². The summed E-state index contributed by atoms with van der Waals surface area (Å²) in [5.74, 6) is 0.392. The summed E-state index contributed by atoms with van der Waals surface area (Å²) in [4.78, 5) is 2.01. The zero-order valence-electron chi connectivity index (χ0n) is 9.96. The van der Waals surface area contributed by atoms with Crippen LogP contribution in [0.2, 0.25) is 0 Å². The fourth-order valence-electron chi connectivity index (χ4n) is 2.39. The summed E-state index contributed by atoms with van der Waals surface area (Å²) in [6.45, 7) is 0.359. The third-order valence-electron chi connectivity index (χ3n) is 3.60. The number of para-hydroxylation sites is 1. The van der Waals surface area contributed by atoms with E-state index in [0.29, 0.717) is 13.0 Å². The lowest BCUT2D eigenvalue weighted by Crippen LogP contribution is -2.53. The van der Waals surface area contributed by atoms with Crippen molar-refractivity contribution in [2.75, 3.05) is 30.0 Å². The minimum atomic E-state index is -2.94. The van der Waals surface area contributed by atoms with Gasteiger partial charge in [0.05, 0.1) is 17.0 Å². The predicted octanol–water partition coefficient (Wildman–Crippen LogP) is 0.639. The molecule has 5 heteroatoms. The van der Waals surface area contributed by atoms with Crippen molar-refractivity contribution in [3.05, 3.63) is 30.3 Å². The van der Waals surface area contributed by atoms with Crippen molar-refractivity contribution in [2.24, 2.45) is 5.73 Å². The number of benzene rings is 1. The van der Waals surface area contributed by atoms with E-state index in [1.54, 1.807) is 0 Å². The molecule has 0 bridgehead atoms. The molecule has 0 aliphatic carbocycles. The van der Waals surface area contributed by atoms with Crippen LogP contribution in [0.1, 0.15) is 6.42 Å². The zero-order chi connectivity index (χ0) is 12.5. The lowest BCUT2D eigenvalue weighted by atomic mass is 9.96. The van der Waals surface area contributed by atoms with Crippen molar-refractivity contribution < 1.29 is 8.42 Å². The minimum absolute atomic E-state index is 0.155. The molecule has 1 saturated heterocycles. The highest BCUT2D eigenvalue weighted by atomic mass is 32.2. The van der Waals surface area contributed by atoms with E-state index < -0.39 is 15.4 Å². The number of rotatable bonds is 3. The van der Waals surface area contributed by atoms with Gasteiger partial charge in [-0.3, -0.25) is 0 Å². The highest BCUT2D eigenvalue weighted by Crippen LogP contribution is 2.31. The summed E-state index contributed by atoms with van der Waals surface area (Å²) < 4.78 is 23.3. The summed E-state index contributed by atoms with van der Waals surface area (Å²) in [7, 11) is -1.02. The average Bonchev–Trinajstić information content (AvgIpc) is 2.66. The van der Waals surface area contributed by atoms with Crippen molar-refractivity contribution in [3.8, 4) is 0 Å². The van der Waals surface area contributed by atoms with Gasteiger partial charge < -0.3 is 10.6 Å². The Labute approximate surface area is 102 Å². The summed E-state index contributed by atoms with van der Waals surface area (Å²) in [6, 6.07) is 9.78.